The predicted octanol–water partition coefficient (Wildman–Crippen LogP) is 1.42. The maximum atomic E-state index is 11.2. The highest BCUT2D eigenvalue weighted by Crippen LogP contribution is 2.03. The fraction of sp³-hybridized carbons (Fsp3) is 0.909. The Morgan fingerprint density at radius 3 is 2.60 bits per heavy atom. The van der Waals surface area contributed by atoms with Crippen molar-refractivity contribution in [2.24, 2.45) is 5.73 Å². The Kier molecular flexibility index (Phi) is 12.0. The Balaban J connectivity index is 3.01. The predicted molar refractivity (Wildman–Crippen MR) is 68.4 cm³/mol. The molecular formula is C11H24N2OS. The van der Waals surface area contributed by atoms with Crippen molar-refractivity contribution in [2.75, 3.05) is 31.6 Å². The van der Waals surface area contributed by atoms with Crippen molar-refractivity contribution < 1.29 is 4.79 Å². The molecule has 4 heteroatoms. The molecule has 0 fully saturated rings. The Morgan fingerprint density at radius 2 is 1.93 bits per heavy atom. The van der Waals surface area contributed by atoms with Crippen LogP contribution in [-0.4, -0.2) is 37.4 Å². The van der Waals surface area contributed by atoms with Gasteiger partial charge in [0.2, 0.25) is 0 Å². The molecule has 0 heterocycles. The molecule has 0 aliphatic heterocycles. The highest BCUT2D eigenvalue weighted by atomic mass is 32.2. The lowest BCUT2D eigenvalue weighted by atomic mass is 10.1. The molecule has 3 nitrogen and oxygen atoms in total. The van der Waals surface area contributed by atoms with Gasteiger partial charge in [-0.25, -0.2) is 0 Å². The molecule has 15 heavy (non-hydrogen) atoms. The SMILES string of the molecule is CSCC(=O)CCCCCNCCCN. The molecule has 0 bridgehead atoms. The number of carbonyl (C=O) groups is 1. The largest absolute Gasteiger partial charge is 0.330 e. The van der Waals surface area contributed by atoms with Gasteiger partial charge < -0.3 is 11.1 Å². The van der Waals surface area contributed by atoms with Crippen LogP contribution in [0.1, 0.15) is 32.1 Å². The summed E-state index contributed by atoms with van der Waals surface area (Å²) in [6.45, 7) is 2.83. The van der Waals surface area contributed by atoms with Crippen molar-refractivity contribution in [3.63, 3.8) is 0 Å². The highest BCUT2D eigenvalue weighted by molar-refractivity contribution is 7.99. The fourth-order valence-electron chi connectivity index (χ4n) is 1.33. The van der Waals surface area contributed by atoms with Crippen LogP contribution in [0.4, 0.5) is 0 Å². The molecule has 3 N–H and O–H groups in total. The van der Waals surface area contributed by atoms with E-state index in [4.69, 9.17) is 5.73 Å². The second kappa shape index (κ2) is 12.0. The van der Waals surface area contributed by atoms with Crippen LogP contribution in [0.15, 0.2) is 0 Å². The first-order chi connectivity index (χ1) is 7.31. The van der Waals surface area contributed by atoms with Gasteiger partial charge in [0.05, 0.1) is 5.75 Å². The van der Waals surface area contributed by atoms with Crippen LogP contribution >= 0.6 is 11.8 Å². The first-order valence-electron chi connectivity index (χ1n) is 5.72. The molecule has 0 radical (unpaired) electrons. The zero-order valence-electron chi connectivity index (χ0n) is 9.76. The monoisotopic (exact) mass is 232 g/mol. The summed E-state index contributed by atoms with van der Waals surface area (Å²) in [5, 5.41) is 3.33. The molecule has 0 aromatic rings. The minimum atomic E-state index is 0.388. The van der Waals surface area contributed by atoms with Gasteiger partial charge in [-0.2, -0.15) is 11.8 Å². The molecule has 0 aliphatic carbocycles. The average molecular weight is 232 g/mol. The molecule has 0 unspecified atom stereocenters. The van der Waals surface area contributed by atoms with E-state index in [0.717, 1.165) is 51.7 Å². The maximum Gasteiger partial charge on any atom is 0.142 e. The number of unbranched alkanes of at least 4 members (excludes halogenated alkanes) is 2. The topological polar surface area (TPSA) is 55.1 Å². The quantitative estimate of drug-likeness (QED) is 0.529. The second-order valence-corrected chi connectivity index (χ2v) is 4.54. The summed E-state index contributed by atoms with van der Waals surface area (Å²) in [6, 6.07) is 0. The van der Waals surface area contributed by atoms with E-state index in [1.165, 1.54) is 0 Å². The van der Waals surface area contributed by atoms with Gasteiger partial charge in [0, 0.05) is 6.42 Å². The number of ketones is 1. The number of carbonyl (C=O) groups excluding carboxylic acids is 1. The third-order valence-electron chi connectivity index (χ3n) is 2.17. The Bertz CT molecular complexity index is 154. The molecule has 0 rings (SSSR count). The summed E-state index contributed by atoms with van der Waals surface area (Å²) >= 11 is 1.61. The zero-order valence-corrected chi connectivity index (χ0v) is 10.6. The number of nitrogens with one attached hydrogen (secondary N) is 1. The molecule has 0 saturated carbocycles. The van der Waals surface area contributed by atoms with E-state index < -0.39 is 0 Å². The van der Waals surface area contributed by atoms with Crippen molar-refractivity contribution in [3.8, 4) is 0 Å². The number of Topliss-reactive ketones (excluding diaryl/α,β-unsaturated/α-hetero) is 1. The van der Waals surface area contributed by atoms with Crippen molar-refractivity contribution in [1.29, 1.82) is 0 Å². The van der Waals surface area contributed by atoms with Crippen molar-refractivity contribution in [3.05, 3.63) is 0 Å². The lowest BCUT2D eigenvalue weighted by Gasteiger charge is -2.03. The smallest absolute Gasteiger partial charge is 0.142 e. The van der Waals surface area contributed by atoms with Gasteiger partial charge in [-0.1, -0.05) is 6.42 Å². The van der Waals surface area contributed by atoms with Gasteiger partial charge >= 0.3 is 0 Å². The van der Waals surface area contributed by atoms with Crippen LogP contribution in [-0.2, 0) is 4.79 Å². The molecule has 0 aromatic carbocycles. The fourth-order valence-corrected chi connectivity index (χ4v) is 1.80. The molecule has 0 amide bonds. The molecule has 0 atom stereocenters. The van der Waals surface area contributed by atoms with Gasteiger partial charge in [-0.3, -0.25) is 4.79 Å². The summed E-state index contributed by atoms with van der Waals surface area (Å²) in [4.78, 5) is 11.2. The first-order valence-corrected chi connectivity index (χ1v) is 7.12. The lowest BCUT2D eigenvalue weighted by Crippen LogP contribution is -2.19. The Hall–Kier alpha value is -0.0600. The Morgan fingerprint density at radius 1 is 1.20 bits per heavy atom. The summed E-state index contributed by atoms with van der Waals surface area (Å²) in [7, 11) is 0. The van der Waals surface area contributed by atoms with Crippen molar-refractivity contribution >= 4 is 17.5 Å². The number of nitrogens with two attached hydrogens (primary N) is 1. The van der Waals surface area contributed by atoms with Crippen LogP contribution in [0.25, 0.3) is 0 Å². The highest BCUT2D eigenvalue weighted by Gasteiger charge is 1.99. The summed E-state index contributed by atoms with van der Waals surface area (Å²) in [5.74, 6) is 1.06. The van der Waals surface area contributed by atoms with E-state index in [1.807, 2.05) is 6.26 Å². The van der Waals surface area contributed by atoms with Gasteiger partial charge in [-0.15, -0.1) is 0 Å². The van der Waals surface area contributed by atoms with Crippen LogP contribution in [0.5, 0.6) is 0 Å². The average Bonchev–Trinajstić information content (AvgIpc) is 2.22. The molecule has 0 saturated heterocycles. The van der Waals surface area contributed by atoms with E-state index in [1.54, 1.807) is 11.8 Å². The van der Waals surface area contributed by atoms with E-state index in [0.29, 0.717) is 11.5 Å². The third kappa shape index (κ3) is 11.9. The number of hydrogen-bond donors (Lipinski definition) is 2. The first kappa shape index (κ1) is 14.9. The van der Waals surface area contributed by atoms with E-state index >= 15 is 0 Å². The summed E-state index contributed by atoms with van der Waals surface area (Å²) in [5.41, 5.74) is 5.37. The van der Waals surface area contributed by atoms with Gasteiger partial charge in [-0.05, 0) is 45.2 Å². The van der Waals surface area contributed by atoms with Crippen LogP contribution in [0, 0.1) is 0 Å². The van der Waals surface area contributed by atoms with Crippen LogP contribution in [0.3, 0.4) is 0 Å². The molecule has 0 spiro atoms. The van der Waals surface area contributed by atoms with E-state index in [-0.39, 0.29) is 0 Å². The Labute approximate surface area is 97.6 Å². The lowest BCUT2D eigenvalue weighted by molar-refractivity contribution is -0.116. The minimum absolute atomic E-state index is 0.388. The van der Waals surface area contributed by atoms with Crippen molar-refractivity contribution in [1.82, 2.24) is 5.32 Å². The summed E-state index contributed by atoms with van der Waals surface area (Å²) < 4.78 is 0. The zero-order chi connectivity index (χ0) is 11.4. The van der Waals surface area contributed by atoms with Gasteiger partial charge in [0.15, 0.2) is 0 Å². The molecule has 90 valence electrons. The van der Waals surface area contributed by atoms with E-state index in [9.17, 15) is 4.79 Å². The van der Waals surface area contributed by atoms with Gasteiger partial charge in [0.25, 0.3) is 0 Å². The van der Waals surface area contributed by atoms with E-state index in [2.05, 4.69) is 5.32 Å². The minimum Gasteiger partial charge on any atom is -0.330 e. The molecule has 0 aliphatic rings. The second-order valence-electron chi connectivity index (χ2n) is 3.67. The standard InChI is InChI=1S/C11H24N2OS/c1-15-10-11(14)6-3-2-4-8-13-9-5-7-12/h13H,2-10,12H2,1H3. The third-order valence-corrected chi connectivity index (χ3v) is 2.78. The number of rotatable bonds is 11. The van der Waals surface area contributed by atoms with Crippen LogP contribution in [0.2, 0.25) is 0 Å². The summed E-state index contributed by atoms with van der Waals surface area (Å²) in [6.07, 6.45) is 7.12. The molecule has 0 aromatic heterocycles. The van der Waals surface area contributed by atoms with Gasteiger partial charge in [0.1, 0.15) is 5.78 Å². The van der Waals surface area contributed by atoms with Crippen LogP contribution < -0.4 is 11.1 Å². The number of hydrogen-bond acceptors (Lipinski definition) is 4. The number of thioether (sulfide) groups is 1. The normalized spacial score (nSPS) is 10.5. The maximum absolute atomic E-state index is 11.2. The molecular weight excluding hydrogens is 208 g/mol. The van der Waals surface area contributed by atoms with Crippen molar-refractivity contribution in [2.45, 2.75) is 32.1 Å².